The Balaban J connectivity index is 0.00000144. The molecule has 2 amide bonds. The van der Waals surface area contributed by atoms with Crippen LogP contribution >= 0.6 is 12.4 Å². The number of hydroxylamine groups is 1. The molecular formula is C9H7ClF2N2O3. The molecule has 0 radical (unpaired) electrons. The van der Waals surface area contributed by atoms with Crippen LogP contribution < -0.4 is 10.8 Å². The van der Waals surface area contributed by atoms with Crippen molar-refractivity contribution >= 4 is 35.3 Å². The number of nitrogens with one attached hydrogen (secondary N) is 2. The lowest BCUT2D eigenvalue weighted by molar-refractivity contribution is 0.171. The highest BCUT2D eigenvalue weighted by molar-refractivity contribution is 5.90. The van der Waals surface area contributed by atoms with Gasteiger partial charge in [0.05, 0.1) is 0 Å². The van der Waals surface area contributed by atoms with Crippen molar-refractivity contribution in [3.63, 3.8) is 0 Å². The van der Waals surface area contributed by atoms with Gasteiger partial charge >= 0.3 is 6.03 Å². The third-order valence-electron chi connectivity index (χ3n) is 1.90. The first-order chi connectivity index (χ1) is 7.60. The molecule has 0 fully saturated rings. The summed E-state index contributed by atoms with van der Waals surface area (Å²) in [7, 11) is 0. The van der Waals surface area contributed by atoms with Gasteiger partial charge in [0.15, 0.2) is 11.6 Å². The van der Waals surface area contributed by atoms with Gasteiger partial charge in [0.25, 0.3) is 0 Å². The van der Waals surface area contributed by atoms with Crippen LogP contribution in [0.1, 0.15) is 0 Å². The Morgan fingerprint density at radius 1 is 1.24 bits per heavy atom. The molecule has 0 spiro atoms. The van der Waals surface area contributed by atoms with E-state index in [4.69, 9.17) is 9.62 Å². The summed E-state index contributed by atoms with van der Waals surface area (Å²) < 4.78 is 30.6. The Labute approximate surface area is 99.8 Å². The molecule has 2 rings (SSSR count). The van der Waals surface area contributed by atoms with Gasteiger partial charge in [-0.1, -0.05) is 0 Å². The minimum absolute atomic E-state index is 0. The summed E-state index contributed by atoms with van der Waals surface area (Å²) in [4.78, 5) is 10.7. The Hall–Kier alpha value is -1.86. The number of carbonyl (C=O) groups is 1. The predicted molar refractivity (Wildman–Crippen MR) is 57.3 cm³/mol. The topological polar surface area (TPSA) is 74.5 Å². The first kappa shape index (κ1) is 13.2. The molecule has 0 atom stereocenters. The van der Waals surface area contributed by atoms with E-state index in [1.165, 1.54) is 11.5 Å². The van der Waals surface area contributed by atoms with Crippen molar-refractivity contribution in [3.05, 3.63) is 29.8 Å². The molecule has 0 saturated carbocycles. The molecule has 1 aromatic carbocycles. The second-order valence-electron chi connectivity index (χ2n) is 2.98. The zero-order valence-corrected chi connectivity index (χ0v) is 8.98. The van der Waals surface area contributed by atoms with Crippen molar-refractivity contribution in [2.24, 2.45) is 0 Å². The summed E-state index contributed by atoms with van der Waals surface area (Å²) in [6.07, 6.45) is 0. The van der Waals surface area contributed by atoms with Crippen molar-refractivity contribution in [1.82, 2.24) is 5.48 Å². The normalized spacial score (nSPS) is 9.82. The van der Waals surface area contributed by atoms with Gasteiger partial charge in [-0.05, 0) is 6.07 Å². The summed E-state index contributed by atoms with van der Waals surface area (Å²) in [5, 5.41) is 10.6. The average molecular weight is 265 g/mol. The van der Waals surface area contributed by atoms with Crippen LogP contribution in [0.3, 0.4) is 0 Å². The third-order valence-corrected chi connectivity index (χ3v) is 1.90. The molecule has 0 aliphatic carbocycles. The van der Waals surface area contributed by atoms with E-state index in [1.54, 1.807) is 0 Å². The zero-order chi connectivity index (χ0) is 11.7. The molecule has 17 heavy (non-hydrogen) atoms. The lowest BCUT2D eigenvalue weighted by Crippen LogP contribution is -2.24. The largest absolute Gasteiger partial charge is 0.440 e. The molecule has 0 aliphatic heterocycles. The number of benzene rings is 1. The number of amides is 2. The van der Waals surface area contributed by atoms with E-state index >= 15 is 0 Å². The Bertz CT molecular complexity index is 519. The van der Waals surface area contributed by atoms with Gasteiger partial charge in [-0.2, -0.15) is 0 Å². The third kappa shape index (κ3) is 2.63. The lowest BCUT2D eigenvalue weighted by atomic mass is 10.2. The van der Waals surface area contributed by atoms with E-state index in [2.05, 4.69) is 5.32 Å². The van der Waals surface area contributed by atoms with E-state index in [9.17, 15) is 13.6 Å². The Morgan fingerprint density at radius 2 is 1.88 bits per heavy atom. The summed E-state index contributed by atoms with van der Waals surface area (Å²) >= 11 is 0. The van der Waals surface area contributed by atoms with Gasteiger partial charge in [-0.15, -0.1) is 12.4 Å². The highest BCUT2D eigenvalue weighted by atomic mass is 35.5. The number of rotatable bonds is 1. The maximum atomic E-state index is 12.8. The molecule has 3 N–H and O–H groups in total. The molecular weight excluding hydrogens is 258 g/mol. The van der Waals surface area contributed by atoms with Crippen LogP contribution in [0.15, 0.2) is 22.6 Å². The predicted octanol–water partition coefficient (Wildman–Crippen LogP) is 2.64. The number of carbonyl (C=O) groups excluding carboxylic acids is 1. The van der Waals surface area contributed by atoms with Crippen LogP contribution in [-0.4, -0.2) is 11.2 Å². The molecule has 0 saturated heterocycles. The van der Waals surface area contributed by atoms with E-state index in [0.717, 1.165) is 12.1 Å². The Morgan fingerprint density at radius 3 is 2.53 bits per heavy atom. The summed E-state index contributed by atoms with van der Waals surface area (Å²) in [6, 6.07) is 2.19. The maximum absolute atomic E-state index is 12.8. The van der Waals surface area contributed by atoms with Gasteiger partial charge in [0, 0.05) is 17.5 Å². The van der Waals surface area contributed by atoms with Gasteiger partial charge < -0.3 is 4.42 Å². The molecule has 1 aromatic heterocycles. The van der Waals surface area contributed by atoms with Gasteiger partial charge in [0.2, 0.25) is 5.88 Å². The van der Waals surface area contributed by atoms with Crippen molar-refractivity contribution in [2.45, 2.75) is 0 Å². The number of urea groups is 1. The average Bonchev–Trinajstić information content (AvgIpc) is 2.60. The fraction of sp³-hybridized carbons (Fsp3) is 0. The first-order valence-corrected chi connectivity index (χ1v) is 4.20. The van der Waals surface area contributed by atoms with E-state index < -0.39 is 17.7 Å². The van der Waals surface area contributed by atoms with Crippen molar-refractivity contribution in [2.75, 3.05) is 5.32 Å². The molecule has 0 unspecified atom stereocenters. The summed E-state index contributed by atoms with van der Waals surface area (Å²) in [6.45, 7) is 0. The van der Waals surface area contributed by atoms with E-state index in [1.807, 2.05) is 0 Å². The van der Waals surface area contributed by atoms with Crippen molar-refractivity contribution in [1.29, 1.82) is 0 Å². The zero-order valence-electron chi connectivity index (χ0n) is 8.16. The molecule has 92 valence electrons. The quantitative estimate of drug-likeness (QED) is 0.547. The van der Waals surface area contributed by atoms with Crippen molar-refractivity contribution < 1.29 is 23.2 Å². The minimum atomic E-state index is -1.04. The van der Waals surface area contributed by atoms with Gasteiger partial charge in [-0.3, -0.25) is 10.5 Å². The minimum Gasteiger partial charge on any atom is -0.440 e. The second-order valence-corrected chi connectivity index (χ2v) is 2.98. The molecule has 5 nitrogen and oxygen atoms in total. The fourth-order valence-electron chi connectivity index (χ4n) is 1.24. The van der Waals surface area contributed by atoms with Crippen molar-refractivity contribution in [3.8, 4) is 0 Å². The SMILES string of the molecule is Cl.O=C(NO)Nc1cc2cc(F)c(F)cc2o1. The van der Waals surface area contributed by atoms with Crippen LogP contribution in [0, 0.1) is 11.6 Å². The van der Waals surface area contributed by atoms with E-state index in [-0.39, 0.29) is 23.9 Å². The van der Waals surface area contributed by atoms with Crippen LogP contribution in [0.4, 0.5) is 19.5 Å². The monoisotopic (exact) mass is 264 g/mol. The number of hydrogen-bond donors (Lipinski definition) is 3. The summed E-state index contributed by atoms with van der Waals surface area (Å²) in [5.41, 5.74) is 1.41. The number of hydrogen-bond acceptors (Lipinski definition) is 3. The van der Waals surface area contributed by atoms with Crippen LogP contribution in [-0.2, 0) is 0 Å². The second kappa shape index (κ2) is 4.98. The number of fused-ring (bicyclic) bond motifs is 1. The standard InChI is InChI=1S/C9H6F2N2O3.ClH/c10-5-1-4-2-8(12-9(14)13-15)16-7(4)3-6(5)11;/h1-3,15H,(H2,12,13,14);1H. The van der Waals surface area contributed by atoms with Gasteiger partial charge in [0.1, 0.15) is 5.58 Å². The molecule has 1 heterocycles. The van der Waals surface area contributed by atoms with E-state index in [0.29, 0.717) is 5.39 Å². The molecule has 2 aromatic rings. The maximum Gasteiger partial charge on any atom is 0.345 e. The first-order valence-electron chi connectivity index (χ1n) is 4.20. The summed E-state index contributed by atoms with van der Waals surface area (Å²) in [5.74, 6) is -2.09. The number of anilines is 1. The molecule has 0 aliphatic rings. The van der Waals surface area contributed by atoms with Gasteiger partial charge in [-0.25, -0.2) is 19.1 Å². The van der Waals surface area contributed by atoms with Crippen LogP contribution in [0.5, 0.6) is 0 Å². The fourth-order valence-corrected chi connectivity index (χ4v) is 1.24. The molecule has 8 heteroatoms. The Kier molecular flexibility index (Phi) is 3.87. The number of halogens is 3. The lowest BCUT2D eigenvalue weighted by Gasteiger charge is -1.96. The highest BCUT2D eigenvalue weighted by Gasteiger charge is 2.10. The molecule has 0 bridgehead atoms. The number of furan rings is 1. The van der Waals surface area contributed by atoms with Crippen LogP contribution in [0.2, 0.25) is 0 Å². The van der Waals surface area contributed by atoms with Crippen LogP contribution in [0.25, 0.3) is 11.0 Å². The smallest absolute Gasteiger partial charge is 0.345 e. The highest BCUT2D eigenvalue weighted by Crippen LogP contribution is 2.25.